The molecule has 1 unspecified atom stereocenters. The maximum atomic E-state index is 6.02. The Labute approximate surface area is 159 Å². The van der Waals surface area contributed by atoms with Gasteiger partial charge in [0.2, 0.25) is 0 Å². The first-order valence-corrected chi connectivity index (χ1v) is 9.76. The molecule has 1 atom stereocenters. The van der Waals surface area contributed by atoms with Crippen molar-refractivity contribution in [3.05, 3.63) is 63.6 Å². The van der Waals surface area contributed by atoms with E-state index in [1.165, 1.54) is 17.5 Å². The lowest BCUT2D eigenvalue weighted by Crippen LogP contribution is -2.38. The fourth-order valence-corrected chi connectivity index (χ4v) is 3.75. The number of hydrogen-bond donors (Lipinski definition) is 0. The number of morpholine rings is 1. The molecule has 1 aliphatic rings. The average Bonchev–Trinajstić information content (AvgIpc) is 2.61. The maximum absolute atomic E-state index is 6.02. The van der Waals surface area contributed by atoms with Crippen LogP contribution in [0.2, 0.25) is 0 Å². The summed E-state index contributed by atoms with van der Waals surface area (Å²) in [6, 6.07) is 14.5. The number of nitrogens with zero attached hydrogens (tertiary/aromatic N) is 1. The molecule has 0 amide bonds. The molecular formula is C21H26BrNO2. The molecular weight excluding hydrogens is 378 g/mol. The van der Waals surface area contributed by atoms with Crippen LogP contribution in [0.5, 0.6) is 5.75 Å². The Morgan fingerprint density at radius 3 is 2.88 bits per heavy atom. The second-order valence-electron chi connectivity index (χ2n) is 6.60. The third-order valence-corrected chi connectivity index (χ3v) is 5.07. The minimum atomic E-state index is 0.166. The summed E-state index contributed by atoms with van der Waals surface area (Å²) in [6.45, 7) is 8.92. The van der Waals surface area contributed by atoms with Crippen LogP contribution in [0.25, 0.3) is 0 Å². The number of ether oxygens (including phenoxy) is 2. The third-order valence-electron chi connectivity index (χ3n) is 4.57. The topological polar surface area (TPSA) is 21.7 Å². The molecule has 0 radical (unpaired) electrons. The minimum Gasteiger partial charge on any atom is -0.489 e. The lowest BCUT2D eigenvalue weighted by atomic mass is 10.0. The van der Waals surface area contributed by atoms with Gasteiger partial charge in [0, 0.05) is 17.6 Å². The highest BCUT2D eigenvalue weighted by molar-refractivity contribution is 9.10. The molecule has 134 valence electrons. The molecule has 0 aliphatic carbocycles. The molecule has 2 aromatic rings. The van der Waals surface area contributed by atoms with Crippen molar-refractivity contribution in [1.29, 1.82) is 0 Å². The highest BCUT2D eigenvalue weighted by atomic mass is 79.9. The van der Waals surface area contributed by atoms with Gasteiger partial charge in [0.05, 0.1) is 12.7 Å². The highest BCUT2D eigenvalue weighted by Crippen LogP contribution is 2.28. The number of rotatable bonds is 6. The monoisotopic (exact) mass is 403 g/mol. The van der Waals surface area contributed by atoms with E-state index in [1.54, 1.807) is 0 Å². The van der Waals surface area contributed by atoms with E-state index in [2.05, 4.69) is 65.0 Å². The molecule has 4 heteroatoms. The Morgan fingerprint density at radius 2 is 2.12 bits per heavy atom. The Balaban J connectivity index is 1.64. The van der Waals surface area contributed by atoms with E-state index in [0.717, 1.165) is 42.0 Å². The number of benzene rings is 2. The summed E-state index contributed by atoms with van der Waals surface area (Å²) in [5, 5.41) is 0. The molecule has 0 spiro atoms. The molecule has 1 heterocycles. The van der Waals surface area contributed by atoms with Crippen molar-refractivity contribution in [2.45, 2.75) is 33.0 Å². The fraction of sp³-hybridized carbons (Fsp3) is 0.429. The van der Waals surface area contributed by atoms with Crippen molar-refractivity contribution in [3.63, 3.8) is 0 Å². The first-order valence-electron chi connectivity index (χ1n) is 8.97. The van der Waals surface area contributed by atoms with Crippen molar-refractivity contribution in [1.82, 2.24) is 4.90 Å². The van der Waals surface area contributed by atoms with Crippen LogP contribution < -0.4 is 4.74 Å². The second-order valence-corrected chi connectivity index (χ2v) is 7.51. The van der Waals surface area contributed by atoms with Crippen molar-refractivity contribution in [2.75, 3.05) is 26.2 Å². The van der Waals surface area contributed by atoms with Crippen LogP contribution in [0.4, 0.5) is 0 Å². The SMILES string of the molecule is CCCN1CCOC(c2ccc(OCc3cccc(Br)c3)cc2C)C1. The van der Waals surface area contributed by atoms with Gasteiger partial charge in [-0.3, -0.25) is 4.90 Å². The van der Waals surface area contributed by atoms with Gasteiger partial charge in [-0.2, -0.15) is 0 Å². The van der Waals surface area contributed by atoms with Crippen molar-refractivity contribution < 1.29 is 9.47 Å². The van der Waals surface area contributed by atoms with Crippen molar-refractivity contribution in [2.24, 2.45) is 0 Å². The van der Waals surface area contributed by atoms with Crippen LogP contribution in [-0.2, 0) is 11.3 Å². The fourth-order valence-electron chi connectivity index (χ4n) is 3.30. The van der Waals surface area contributed by atoms with Gasteiger partial charge in [0.15, 0.2) is 0 Å². The third kappa shape index (κ3) is 5.06. The summed E-state index contributed by atoms with van der Waals surface area (Å²) in [5.41, 5.74) is 3.66. The molecule has 3 rings (SSSR count). The van der Waals surface area contributed by atoms with E-state index in [4.69, 9.17) is 9.47 Å². The van der Waals surface area contributed by atoms with Crippen LogP contribution in [0.15, 0.2) is 46.9 Å². The normalized spacial score (nSPS) is 18.3. The zero-order valence-electron chi connectivity index (χ0n) is 15.0. The molecule has 1 saturated heterocycles. The van der Waals surface area contributed by atoms with E-state index in [1.807, 2.05) is 12.1 Å². The molecule has 3 nitrogen and oxygen atoms in total. The summed E-state index contributed by atoms with van der Waals surface area (Å²) < 4.78 is 13.0. The van der Waals surface area contributed by atoms with E-state index >= 15 is 0 Å². The molecule has 0 saturated carbocycles. The predicted molar refractivity (Wildman–Crippen MR) is 105 cm³/mol. The Bertz CT molecular complexity index is 702. The van der Waals surface area contributed by atoms with Gasteiger partial charge in [-0.1, -0.05) is 41.1 Å². The standard InChI is InChI=1S/C21H26BrNO2/c1-3-9-23-10-11-24-21(14-23)20-8-7-19(12-16(20)2)25-15-17-5-4-6-18(22)13-17/h4-8,12-13,21H,3,9-11,14-15H2,1-2H3. The number of halogens is 1. The van der Waals surface area contributed by atoms with Gasteiger partial charge >= 0.3 is 0 Å². The van der Waals surface area contributed by atoms with Gasteiger partial charge in [-0.25, -0.2) is 0 Å². The first-order chi connectivity index (χ1) is 12.2. The summed E-state index contributed by atoms with van der Waals surface area (Å²) in [4.78, 5) is 2.49. The van der Waals surface area contributed by atoms with Crippen molar-refractivity contribution >= 4 is 15.9 Å². The largest absolute Gasteiger partial charge is 0.489 e. The maximum Gasteiger partial charge on any atom is 0.120 e. The molecule has 1 aliphatic heterocycles. The first kappa shape index (κ1) is 18.4. The van der Waals surface area contributed by atoms with E-state index in [0.29, 0.717) is 6.61 Å². The zero-order valence-corrected chi connectivity index (χ0v) is 16.6. The highest BCUT2D eigenvalue weighted by Gasteiger charge is 2.22. The number of hydrogen-bond acceptors (Lipinski definition) is 3. The Hall–Kier alpha value is -1.36. The zero-order chi connectivity index (χ0) is 17.6. The molecule has 0 bridgehead atoms. The summed E-state index contributed by atoms with van der Waals surface area (Å²) >= 11 is 3.50. The van der Waals surface area contributed by atoms with Crippen LogP contribution >= 0.6 is 15.9 Å². The minimum absolute atomic E-state index is 0.166. The predicted octanol–water partition coefficient (Wildman–Crippen LogP) is 5.12. The Kier molecular flexibility index (Phi) is 6.51. The summed E-state index contributed by atoms with van der Waals surface area (Å²) in [7, 11) is 0. The van der Waals surface area contributed by atoms with E-state index in [-0.39, 0.29) is 6.10 Å². The van der Waals surface area contributed by atoms with Gasteiger partial charge < -0.3 is 9.47 Å². The summed E-state index contributed by atoms with van der Waals surface area (Å²) in [5.74, 6) is 0.905. The van der Waals surface area contributed by atoms with E-state index < -0.39 is 0 Å². The summed E-state index contributed by atoms with van der Waals surface area (Å²) in [6.07, 6.45) is 1.35. The number of aryl methyl sites for hydroxylation is 1. The quantitative estimate of drug-likeness (QED) is 0.667. The van der Waals surface area contributed by atoms with Gasteiger partial charge in [0.1, 0.15) is 12.4 Å². The second kappa shape index (κ2) is 8.84. The molecule has 2 aromatic carbocycles. The molecule has 25 heavy (non-hydrogen) atoms. The molecule has 0 aromatic heterocycles. The van der Waals surface area contributed by atoms with Gasteiger partial charge in [-0.15, -0.1) is 0 Å². The molecule has 0 N–H and O–H groups in total. The van der Waals surface area contributed by atoms with Crippen LogP contribution in [0.3, 0.4) is 0 Å². The van der Waals surface area contributed by atoms with Gasteiger partial charge in [-0.05, 0) is 60.8 Å². The van der Waals surface area contributed by atoms with Gasteiger partial charge in [0.25, 0.3) is 0 Å². The lowest BCUT2D eigenvalue weighted by Gasteiger charge is -2.33. The van der Waals surface area contributed by atoms with Crippen LogP contribution in [-0.4, -0.2) is 31.1 Å². The van der Waals surface area contributed by atoms with Crippen LogP contribution in [0, 0.1) is 6.92 Å². The molecule has 1 fully saturated rings. The average molecular weight is 404 g/mol. The van der Waals surface area contributed by atoms with Crippen LogP contribution in [0.1, 0.15) is 36.1 Å². The van der Waals surface area contributed by atoms with E-state index in [9.17, 15) is 0 Å². The Morgan fingerprint density at radius 1 is 1.24 bits per heavy atom. The van der Waals surface area contributed by atoms with Crippen molar-refractivity contribution in [3.8, 4) is 5.75 Å². The smallest absolute Gasteiger partial charge is 0.120 e. The lowest BCUT2D eigenvalue weighted by molar-refractivity contribution is -0.0301.